The second-order valence-electron chi connectivity index (χ2n) is 2.76. The van der Waals surface area contributed by atoms with Crippen molar-refractivity contribution in [2.45, 2.75) is 13.3 Å². The maximum absolute atomic E-state index is 11.0. The van der Waals surface area contributed by atoms with Gasteiger partial charge in [0.25, 0.3) is 0 Å². The summed E-state index contributed by atoms with van der Waals surface area (Å²) in [6.45, 7) is 2.33. The van der Waals surface area contributed by atoms with Crippen molar-refractivity contribution in [3.8, 4) is 0 Å². The smallest absolute Gasteiger partial charge is 0.313 e. The van der Waals surface area contributed by atoms with Crippen LogP contribution in [0.15, 0.2) is 0 Å². The van der Waals surface area contributed by atoms with E-state index in [0.29, 0.717) is 13.2 Å². The second-order valence-corrected chi connectivity index (χ2v) is 2.76. The van der Waals surface area contributed by atoms with Crippen molar-refractivity contribution in [3.63, 3.8) is 0 Å². The molecule has 0 aromatic carbocycles. The second kappa shape index (κ2) is 5.71. The molecule has 0 rings (SSSR count). The number of hydrogen-bond acceptors (Lipinski definition) is 4. The van der Waals surface area contributed by atoms with Crippen LogP contribution >= 0.6 is 0 Å². The molecule has 0 heterocycles. The first-order valence-corrected chi connectivity index (χ1v) is 3.88. The highest BCUT2D eigenvalue weighted by Gasteiger charge is 2.10. The highest BCUT2D eigenvalue weighted by molar-refractivity contribution is 5.96. The van der Waals surface area contributed by atoms with Gasteiger partial charge in [-0.15, -0.1) is 0 Å². The summed E-state index contributed by atoms with van der Waals surface area (Å²) in [6, 6.07) is 0. The van der Waals surface area contributed by atoms with E-state index in [9.17, 15) is 9.59 Å². The molecular weight excluding hydrogens is 158 g/mol. The summed E-state index contributed by atoms with van der Waals surface area (Å²) in [6.07, 6.45) is -0.119. The fourth-order valence-corrected chi connectivity index (χ4v) is 0.782. The molecule has 0 aliphatic heterocycles. The van der Waals surface area contributed by atoms with Crippen molar-refractivity contribution < 1.29 is 14.3 Å². The van der Waals surface area contributed by atoms with Crippen molar-refractivity contribution in [1.82, 2.24) is 4.90 Å². The minimum atomic E-state index is -0.440. The standard InChI is InChI=1S/C8H15NO3/c1-4-12-8(11)5-7(10)6-9(2)3/h4-6H2,1-3H3. The Bertz CT molecular complexity index is 166. The summed E-state index contributed by atoms with van der Waals surface area (Å²) in [5.74, 6) is -0.553. The summed E-state index contributed by atoms with van der Waals surface area (Å²) in [4.78, 5) is 23.5. The Morgan fingerprint density at radius 1 is 1.33 bits per heavy atom. The summed E-state index contributed by atoms with van der Waals surface area (Å²) < 4.78 is 4.62. The van der Waals surface area contributed by atoms with Crippen LogP contribution in [0.2, 0.25) is 0 Å². The molecule has 0 unspecified atom stereocenters. The van der Waals surface area contributed by atoms with Gasteiger partial charge in [0.15, 0.2) is 5.78 Å². The van der Waals surface area contributed by atoms with E-state index < -0.39 is 5.97 Å². The van der Waals surface area contributed by atoms with Crippen LogP contribution < -0.4 is 0 Å². The number of hydrogen-bond donors (Lipinski definition) is 0. The third-order valence-electron chi connectivity index (χ3n) is 1.14. The van der Waals surface area contributed by atoms with Gasteiger partial charge in [-0.2, -0.15) is 0 Å². The SMILES string of the molecule is CCOC(=O)CC(=O)CN(C)C. The topological polar surface area (TPSA) is 46.6 Å². The first kappa shape index (κ1) is 11.1. The van der Waals surface area contributed by atoms with Crippen molar-refractivity contribution in [2.75, 3.05) is 27.2 Å². The number of ketones is 1. The summed E-state index contributed by atoms with van der Waals surface area (Å²) in [5, 5.41) is 0. The van der Waals surface area contributed by atoms with Gasteiger partial charge in [0.05, 0.1) is 13.2 Å². The van der Waals surface area contributed by atoms with E-state index in [-0.39, 0.29) is 12.2 Å². The summed E-state index contributed by atoms with van der Waals surface area (Å²) >= 11 is 0. The number of rotatable bonds is 5. The first-order chi connectivity index (χ1) is 5.56. The van der Waals surface area contributed by atoms with Gasteiger partial charge in [0.2, 0.25) is 0 Å². The largest absolute Gasteiger partial charge is 0.466 e. The Hall–Kier alpha value is -0.900. The van der Waals surface area contributed by atoms with E-state index in [1.165, 1.54) is 0 Å². The van der Waals surface area contributed by atoms with Crippen molar-refractivity contribution in [1.29, 1.82) is 0 Å². The molecule has 0 aromatic rings. The van der Waals surface area contributed by atoms with E-state index >= 15 is 0 Å². The number of ether oxygens (including phenoxy) is 1. The average molecular weight is 173 g/mol. The number of likely N-dealkylation sites (N-methyl/N-ethyl adjacent to an activating group) is 1. The van der Waals surface area contributed by atoms with Crippen LogP contribution in [0.1, 0.15) is 13.3 Å². The number of carbonyl (C=O) groups is 2. The predicted molar refractivity (Wildman–Crippen MR) is 44.8 cm³/mol. The molecular formula is C8H15NO3. The van der Waals surface area contributed by atoms with Gasteiger partial charge in [0.1, 0.15) is 6.42 Å². The summed E-state index contributed by atoms with van der Waals surface area (Å²) in [5.41, 5.74) is 0. The molecule has 0 bridgehead atoms. The van der Waals surface area contributed by atoms with Crippen LogP contribution in [0.5, 0.6) is 0 Å². The van der Waals surface area contributed by atoms with Gasteiger partial charge < -0.3 is 9.64 Å². The number of esters is 1. The Morgan fingerprint density at radius 3 is 2.33 bits per heavy atom. The van der Waals surface area contributed by atoms with E-state index in [0.717, 1.165) is 0 Å². The lowest BCUT2D eigenvalue weighted by Gasteiger charge is -2.07. The quantitative estimate of drug-likeness (QED) is 0.436. The van der Waals surface area contributed by atoms with Crippen LogP contribution in [-0.2, 0) is 14.3 Å². The predicted octanol–water partition coefficient (Wildman–Crippen LogP) is 0.0703. The number of carbonyl (C=O) groups excluding carboxylic acids is 2. The lowest BCUT2D eigenvalue weighted by Crippen LogP contribution is -2.24. The minimum absolute atomic E-state index is 0.113. The lowest BCUT2D eigenvalue weighted by atomic mass is 10.3. The maximum atomic E-state index is 11.0. The third kappa shape index (κ3) is 5.85. The third-order valence-corrected chi connectivity index (χ3v) is 1.14. The molecule has 0 saturated heterocycles. The Kier molecular flexibility index (Phi) is 5.28. The van der Waals surface area contributed by atoms with Gasteiger partial charge >= 0.3 is 5.97 Å². The van der Waals surface area contributed by atoms with Gasteiger partial charge in [-0.25, -0.2) is 0 Å². The van der Waals surface area contributed by atoms with Gasteiger partial charge in [-0.1, -0.05) is 0 Å². The van der Waals surface area contributed by atoms with Crippen molar-refractivity contribution in [3.05, 3.63) is 0 Å². The molecule has 0 atom stereocenters. The normalized spacial score (nSPS) is 10.0. The molecule has 4 heteroatoms. The van der Waals surface area contributed by atoms with E-state index in [1.807, 2.05) is 0 Å². The molecule has 0 aromatic heterocycles. The lowest BCUT2D eigenvalue weighted by molar-refractivity contribution is -0.145. The monoisotopic (exact) mass is 173 g/mol. The van der Waals surface area contributed by atoms with Crippen LogP contribution in [-0.4, -0.2) is 43.9 Å². The molecule has 0 spiro atoms. The highest BCUT2D eigenvalue weighted by atomic mass is 16.5. The molecule has 70 valence electrons. The van der Waals surface area contributed by atoms with E-state index in [1.54, 1.807) is 25.9 Å². The van der Waals surface area contributed by atoms with E-state index in [4.69, 9.17) is 0 Å². The van der Waals surface area contributed by atoms with Crippen molar-refractivity contribution >= 4 is 11.8 Å². The van der Waals surface area contributed by atoms with Crippen LogP contribution in [0.3, 0.4) is 0 Å². The minimum Gasteiger partial charge on any atom is -0.466 e. The molecule has 0 N–H and O–H groups in total. The maximum Gasteiger partial charge on any atom is 0.313 e. The Balaban J connectivity index is 3.62. The molecule has 0 aliphatic rings. The molecule has 0 saturated carbocycles. The zero-order chi connectivity index (χ0) is 9.56. The number of nitrogens with zero attached hydrogens (tertiary/aromatic N) is 1. The van der Waals surface area contributed by atoms with Crippen LogP contribution in [0, 0.1) is 0 Å². The fourth-order valence-electron chi connectivity index (χ4n) is 0.782. The zero-order valence-corrected chi connectivity index (χ0v) is 7.79. The zero-order valence-electron chi connectivity index (χ0n) is 7.79. The molecule has 0 fully saturated rings. The van der Waals surface area contributed by atoms with Gasteiger partial charge in [-0.3, -0.25) is 9.59 Å². The molecule has 12 heavy (non-hydrogen) atoms. The van der Waals surface area contributed by atoms with E-state index in [2.05, 4.69) is 4.74 Å². The molecule has 0 amide bonds. The Morgan fingerprint density at radius 2 is 1.92 bits per heavy atom. The average Bonchev–Trinajstić information content (AvgIpc) is 1.84. The molecule has 0 aliphatic carbocycles. The number of Topliss-reactive ketones (excluding diaryl/α,β-unsaturated/α-hetero) is 1. The van der Waals surface area contributed by atoms with Crippen LogP contribution in [0.25, 0.3) is 0 Å². The van der Waals surface area contributed by atoms with Crippen LogP contribution in [0.4, 0.5) is 0 Å². The first-order valence-electron chi connectivity index (χ1n) is 3.88. The molecule has 0 radical (unpaired) electrons. The summed E-state index contributed by atoms with van der Waals surface area (Å²) in [7, 11) is 3.56. The van der Waals surface area contributed by atoms with Gasteiger partial charge in [-0.05, 0) is 21.0 Å². The van der Waals surface area contributed by atoms with Crippen molar-refractivity contribution in [2.24, 2.45) is 0 Å². The Labute approximate surface area is 72.5 Å². The molecule has 4 nitrogen and oxygen atoms in total. The fraction of sp³-hybridized carbons (Fsp3) is 0.750. The van der Waals surface area contributed by atoms with Gasteiger partial charge in [0, 0.05) is 0 Å². The highest BCUT2D eigenvalue weighted by Crippen LogP contribution is 1.89.